The fraction of sp³-hybridized carbons (Fsp3) is 0.926. The normalized spacial score (nSPS) is 48.9. The average molecular weight is 403 g/mol. The lowest BCUT2D eigenvalue weighted by atomic mass is 9.46. The van der Waals surface area contributed by atoms with Crippen LogP contribution in [0.4, 0.5) is 0 Å². The second-order valence-electron chi connectivity index (χ2n) is 12.0. The summed E-state index contributed by atoms with van der Waals surface area (Å²) in [5.74, 6) is 3.56. The van der Waals surface area contributed by atoms with E-state index >= 15 is 0 Å². The number of allylic oxidation sites excluding steroid dienone is 1. The van der Waals surface area contributed by atoms with Gasteiger partial charge in [-0.1, -0.05) is 52.7 Å². The van der Waals surface area contributed by atoms with Crippen LogP contribution in [0.15, 0.2) is 11.6 Å². The van der Waals surface area contributed by atoms with Gasteiger partial charge in [-0.05, 0) is 105 Å². The minimum atomic E-state index is -0.454. The van der Waals surface area contributed by atoms with Crippen LogP contribution >= 0.6 is 0 Å². The summed E-state index contributed by atoms with van der Waals surface area (Å²) in [6.45, 7) is 11.8. The van der Waals surface area contributed by atoms with E-state index in [0.717, 1.165) is 49.9 Å². The third-order valence-electron chi connectivity index (χ3n) is 10.8. The largest absolute Gasteiger partial charge is 0.393 e. The summed E-state index contributed by atoms with van der Waals surface area (Å²) in [5, 5.41) is 21.7. The number of rotatable bonds is 5. The molecule has 0 aromatic carbocycles. The highest BCUT2D eigenvalue weighted by Crippen LogP contribution is 2.67. The van der Waals surface area contributed by atoms with E-state index in [9.17, 15) is 10.2 Å². The van der Waals surface area contributed by atoms with Gasteiger partial charge in [0, 0.05) is 0 Å². The summed E-state index contributed by atoms with van der Waals surface area (Å²) in [5.41, 5.74) is 1.86. The molecule has 2 N–H and O–H groups in total. The summed E-state index contributed by atoms with van der Waals surface area (Å²) in [4.78, 5) is 0. The van der Waals surface area contributed by atoms with Crippen LogP contribution in [0.2, 0.25) is 0 Å². The lowest BCUT2D eigenvalue weighted by Crippen LogP contribution is -2.52. The van der Waals surface area contributed by atoms with Crippen molar-refractivity contribution >= 4 is 0 Å². The van der Waals surface area contributed by atoms with Gasteiger partial charge in [-0.15, -0.1) is 0 Å². The molecule has 3 saturated carbocycles. The van der Waals surface area contributed by atoms with Crippen LogP contribution in [-0.2, 0) is 0 Å². The van der Waals surface area contributed by atoms with Crippen molar-refractivity contribution in [2.45, 2.75) is 117 Å². The summed E-state index contributed by atoms with van der Waals surface area (Å²) in [6.07, 6.45) is 15.0. The molecule has 2 nitrogen and oxygen atoms in total. The molecule has 0 radical (unpaired) electrons. The quantitative estimate of drug-likeness (QED) is 0.515. The van der Waals surface area contributed by atoms with Crippen molar-refractivity contribution in [3.05, 3.63) is 11.6 Å². The van der Waals surface area contributed by atoms with Crippen molar-refractivity contribution in [2.75, 3.05) is 0 Å². The average Bonchev–Trinajstić information content (AvgIpc) is 3.05. The van der Waals surface area contributed by atoms with Crippen LogP contribution in [0.1, 0.15) is 105 Å². The predicted octanol–water partition coefficient (Wildman–Crippen LogP) is 6.50. The van der Waals surface area contributed by atoms with E-state index in [1.165, 1.54) is 38.5 Å². The SMILES string of the molecule is CCC[C@@H](O)[C@@H](C)[C@H]1CC[C@H]2[C@@H]3CC=C4C[C@](O)(CC)CC[C@]4(C)[C@H]3CC[C@]12C. The van der Waals surface area contributed by atoms with Gasteiger partial charge in [0.15, 0.2) is 0 Å². The molecule has 4 aliphatic rings. The van der Waals surface area contributed by atoms with Gasteiger partial charge in [0.25, 0.3) is 0 Å². The Balaban J connectivity index is 1.57. The first-order valence-electron chi connectivity index (χ1n) is 12.8. The highest BCUT2D eigenvalue weighted by Gasteiger charge is 2.60. The van der Waals surface area contributed by atoms with E-state index in [-0.39, 0.29) is 6.10 Å². The molecule has 9 atom stereocenters. The van der Waals surface area contributed by atoms with Crippen LogP contribution in [0, 0.1) is 40.4 Å². The van der Waals surface area contributed by atoms with Crippen molar-refractivity contribution in [1.29, 1.82) is 0 Å². The summed E-state index contributed by atoms with van der Waals surface area (Å²) in [7, 11) is 0. The van der Waals surface area contributed by atoms with E-state index in [1.54, 1.807) is 5.57 Å². The first-order chi connectivity index (χ1) is 13.7. The van der Waals surface area contributed by atoms with Crippen molar-refractivity contribution < 1.29 is 10.2 Å². The molecule has 4 rings (SSSR count). The Kier molecular flexibility index (Phi) is 5.78. The molecule has 0 aromatic rings. The topological polar surface area (TPSA) is 40.5 Å². The number of hydrogen-bond donors (Lipinski definition) is 2. The molecule has 0 unspecified atom stereocenters. The minimum absolute atomic E-state index is 0.126. The lowest BCUT2D eigenvalue weighted by molar-refractivity contribution is -0.0816. The van der Waals surface area contributed by atoms with Crippen LogP contribution in [-0.4, -0.2) is 21.9 Å². The van der Waals surface area contributed by atoms with Crippen LogP contribution in [0.3, 0.4) is 0 Å². The number of hydrogen-bond acceptors (Lipinski definition) is 2. The molecule has 0 amide bonds. The number of fused-ring (bicyclic) bond motifs is 5. The van der Waals surface area contributed by atoms with Crippen LogP contribution in [0.25, 0.3) is 0 Å². The molecule has 3 fully saturated rings. The van der Waals surface area contributed by atoms with Gasteiger partial charge in [0.05, 0.1) is 11.7 Å². The van der Waals surface area contributed by atoms with Gasteiger partial charge in [-0.25, -0.2) is 0 Å². The zero-order valence-electron chi connectivity index (χ0n) is 19.7. The molecule has 0 heterocycles. The Labute approximate surface area is 179 Å². The van der Waals surface area contributed by atoms with Gasteiger partial charge in [0.2, 0.25) is 0 Å². The molecule has 0 aliphatic heterocycles. The Morgan fingerprint density at radius 2 is 1.83 bits per heavy atom. The molecule has 0 bridgehead atoms. The van der Waals surface area contributed by atoms with Crippen molar-refractivity contribution in [1.82, 2.24) is 0 Å². The predicted molar refractivity (Wildman–Crippen MR) is 121 cm³/mol. The highest BCUT2D eigenvalue weighted by atomic mass is 16.3. The number of aliphatic hydroxyl groups is 2. The first kappa shape index (κ1) is 21.9. The van der Waals surface area contributed by atoms with Gasteiger partial charge in [0.1, 0.15) is 0 Å². The van der Waals surface area contributed by atoms with E-state index in [4.69, 9.17) is 0 Å². The molecule has 29 heavy (non-hydrogen) atoms. The Morgan fingerprint density at radius 3 is 2.52 bits per heavy atom. The molecule has 0 aromatic heterocycles. The molecule has 2 heteroatoms. The van der Waals surface area contributed by atoms with Gasteiger partial charge in [-0.3, -0.25) is 0 Å². The standard InChI is InChI=1S/C27H46O2/c1-6-8-24(28)18(3)21-11-12-22-20-10-9-19-17-27(29,7-2)16-15-25(19,4)23(20)13-14-26(21,22)5/h9,18,20-24,28-29H,6-8,10-17H2,1-5H3/t18-,20-,21+,22-,23-,24+,25-,26+,27-/m0/s1. The Bertz CT molecular complexity index is 640. The molecule has 4 aliphatic carbocycles. The second-order valence-corrected chi connectivity index (χ2v) is 12.0. The van der Waals surface area contributed by atoms with Crippen LogP contribution in [0.5, 0.6) is 0 Å². The third kappa shape index (κ3) is 3.36. The zero-order valence-corrected chi connectivity index (χ0v) is 19.7. The molecule has 0 saturated heterocycles. The molecular weight excluding hydrogens is 356 g/mol. The van der Waals surface area contributed by atoms with Crippen molar-refractivity contribution in [2.24, 2.45) is 40.4 Å². The van der Waals surface area contributed by atoms with E-state index < -0.39 is 5.60 Å². The smallest absolute Gasteiger partial charge is 0.0682 e. The highest BCUT2D eigenvalue weighted by molar-refractivity contribution is 5.27. The van der Waals surface area contributed by atoms with Crippen molar-refractivity contribution in [3.63, 3.8) is 0 Å². The van der Waals surface area contributed by atoms with Crippen molar-refractivity contribution in [3.8, 4) is 0 Å². The fourth-order valence-corrected chi connectivity index (χ4v) is 8.75. The minimum Gasteiger partial charge on any atom is -0.393 e. The fourth-order valence-electron chi connectivity index (χ4n) is 8.75. The van der Waals surface area contributed by atoms with E-state index in [1.807, 2.05) is 0 Å². The molecular formula is C27H46O2. The maximum absolute atomic E-state index is 10.9. The van der Waals surface area contributed by atoms with E-state index in [0.29, 0.717) is 22.7 Å². The number of aliphatic hydroxyl groups excluding tert-OH is 1. The van der Waals surface area contributed by atoms with Gasteiger partial charge >= 0.3 is 0 Å². The maximum Gasteiger partial charge on any atom is 0.0682 e. The first-order valence-corrected chi connectivity index (χ1v) is 12.8. The maximum atomic E-state index is 10.9. The Morgan fingerprint density at radius 1 is 1.07 bits per heavy atom. The second kappa shape index (κ2) is 7.66. The molecule has 166 valence electrons. The summed E-state index contributed by atoms with van der Waals surface area (Å²) >= 11 is 0. The zero-order chi connectivity index (χ0) is 21.0. The van der Waals surface area contributed by atoms with Crippen LogP contribution < -0.4 is 0 Å². The van der Waals surface area contributed by atoms with Gasteiger partial charge < -0.3 is 10.2 Å². The summed E-state index contributed by atoms with van der Waals surface area (Å²) in [6, 6.07) is 0. The lowest BCUT2D eigenvalue weighted by Gasteiger charge is -2.59. The monoisotopic (exact) mass is 402 g/mol. The Hall–Kier alpha value is -0.340. The van der Waals surface area contributed by atoms with Gasteiger partial charge in [-0.2, -0.15) is 0 Å². The third-order valence-corrected chi connectivity index (χ3v) is 10.8. The summed E-state index contributed by atoms with van der Waals surface area (Å²) < 4.78 is 0. The molecule has 0 spiro atoms. The van der Waals surface area contributed by atoms with E-state index in [2.05, 4.69) is 40.7 Å².